The number of piperidine rings is 1. The molecule has 0 aromatic carbocycles. The molecular formula is C24H33ClN6O3. The predicted molar refractivity (Wildman–Crippen MR) is 131 cm³/mol. The average Bonchev–Trinajstić information content (AvgIpc) is 3.23. The standard InChI is InChI=1S/C24H33ClN6O3/c1-23(2,3)34-22(33)30-8-6-7-15(13-30)28-21(32)29-20-9-16(18(25)12-26-20)17-11-27-31-14-24(4,5)10-19(17)31/h9,11-12,15H,6-8,10,13-14H2,1-5H3,(H2,26,28,29,32). The van der Waals surface area contributed by atoms with Gasteiger partial charge < -0.3 is 15.0 Å². The van der Waals surface area contributed by atoms with Crippen molar-refractivity contribution >= 4 is 29.5 Å². The van der Waals surface area contributed by atoms with Crippen LogP contribution in [0.25, 0.3) is 11.1 Å². The van der Waals surface area contributed by atoms with E-state index in [1.165, 1.54) is 0 Å². The molecule has 0 aliphatic carbocycles. The summed E-state index contributed by atoms with van der Waals surface area (Å²) < 4.78 is 7.48. The summed E-state index contributed by atoms with van der Waals surface area (Å²) in [4.78, 5) is 31.0. The summed E-state index contributed by atoms with van der Waals surface area (Å²) in [6.45, 7) is 11.8. The van der Waals surface area contributed by atoms with Crippen molar-refractivity contribution in [2.24, 2.45) is 5.41 Å². The van der Waals surface area contributed by atoms with E-state index in [4.69, 9.17) is 16.3 Å². The topological polar surface area (TPSA) is 101 Å². The zero-order valence-electron chi connectivity index (χ0n) is 20.4. The predicted octanol–water partition coefficient (Wildman–Crippen LogP) is 4.70. The van der Waals surface area contributed by atoms with E-state index in [0.29, 0.717) is 23.9 Å². The molecular weight excluding hydrogens is 456 g/mol. The lowest BCUT2D eigenvalue weighted by Gasteiger charge is -2.34. The molecule has 184 valence electrons. The summed E-state index contributed by atoms with van der Waals surface area (Å²) in [5.74, 6) is 0.397. The minimum Gasteiger partial charge on any atom is -0.444 e. The molecule has 34 heavy (non-hydrogen) atoms. The number of likely N-dealkylation sites (tertiary alicyclic amines) is 1. The Labute approximate surface area is 205 Å². The van der Waals surface area contributed by atoms with Gasteiger partial charge in [0, 0.05) is 48.7 Å². The van der Waals surface area contributed by atoms with Crippen molar-refractivity contribution in [2.75, 3.05) is 18.4 Å². The van der Waals surface area contributed by atoms with E-state index in [-0.39, 0.29) is 23.6 Å². The second-order valence-corrected chi connectivity index (χ2v) is 11.3. The Morgan fingerprint density at radius 2 is 2.00 bits per heavy atom. The van der Waals surface area contributed by atoms with Crippen LogP contribution >= 0.6 is 11.6 Å². The van der Waals surface area contributed by atoms with E-state index >= 15 is 0 Å². The van der Waals surface area contributed by atoms with Crippen LogP contribution in [-0.4, -0.2) is 56.5 Å². The van der Waals surface area contributed by atoms with Gasteiger partial charge in [-0.1, -0.05) is 25.4 Å². The molecule has 2 aliphatic rings. The van der Waals surface area contributed by atoms with Gasteiger partial charge in [0.25, 0.3) is 0 Å². The maximum absolute atomic E-state index is 12.7. The number of hydrogen-bond donors (Lipinski definition) is 2. The third-order valence-electron chi connectivity index (χ3n) is 5.97. The number of fused-ring (bicyclic) bond motifs is 1. The average molecular weight is 489 g/mol. The number of pyridine rings is 1. The number of carbonyl (C=O) groups is 2. The monoisotopic (exact) mass is 488 g/mol. The Balaban J connectivity index is 1.40. The maximum Gasteiger partial charge on any atom is 0.410 e. The fourth-order valence-electron chi connectivity index (χ4n) is 4.51. The first kappa shape index (κ1) is 24.3. The molecule has 0 saturated carbocycles. The van der Waals surface area contributed by atoms with Gasteiger partial charge in [0.05, 0.1) is 11.2 Å². The summed E-state index contributed by atoms with van der Waals surface area (Å²) in [5.41, 5.74) is 2.48. The minimum atomic E-state index is -0.557. The summed E-state index contributed by atoms with van der Waals surface area (Å²) in [7, 11) is 0. The lowest BCUT2D eigenvalue weighted by molar-refractivity contribution is 0.0191. The van der Waals surface area contributed by atoms with Crippen molar-refractivity contribution in [2.45, 2.75) is 72.1 Å². The number of halogens is 1. The third-order valence-corrected chi connectivity index (χ3v) is 6.27. The van der Waals surface area contributed by atoms with Gasteiger partial charge in [0.1, 0.15) is 11.4 Å². The van der Waals surface area contributed by atoms with Crippen LogP contribution in [0, 0.1) is 5.41 Å². The van der Waals surface area contributed by atoms with Gasteiger partial charge in [-0.15, -0.1) is 0 Å². The molecule has 2 aromatic rings. The van der Waals surface area contributed by atoms with Crippen LogP contribution in [0.1, 0.15) is 53.2 Å². The number of urea groups is 1. The molecule has 1 fully saturated rings. The SMILES string of the molecule is CC1(C)Cc2c(-c3cc(NC(=O)NC4CCCN(C(=O)OC(C)(C)C)C4)ncc3Cl)cnn2C1. The highest BCUT2D eigenvalue weighted by molar-refractivity contribution is 6.33. The maximum atomic E-state index is 12.7. The Morgan fingerprint density at radius 3 is 2.74 bits per heavy atom. The molecule has 0 bridgehead atoms. The van der Waals surface area contributed by atoms with Gasteiger partial charge in [-0.05, 0) is 51.5 Å². The van der Waals surface area contributed by atoms with Crippen molar-refractivity contribution in [3.05, 3.63) is 29.2 Å². The molecule has 9 nitrogen and oxygen atoms in total. The normalized spacial score (nSPS) is 19.5. The van der Waals surface area contributed by atoms with Crippen LogP contribution in [0.5, 0.6) is 0 Å². The van der Waals surface area contributed by atoms with Crippen molar-refractivity contribution in [1.82, 2.24) is 25.0 Å². The number of rotatable bonds is 3. The molecule has 2 aliphatic heterocycles. The Bertz CT molecular complexity index is 1090. The van der Waals surface area contributed by atoms with Gasteiger partial charge in [-0.2, -0.15) is 5.10 Å². The second-order valence-electron chi connectivity index (χ2n) is 10.9. The Hall–Kier alpha value is -2.81. The fourth-order valence-corrected chi connectivity index (χ4v) is 4.72. The quantitative estimate of drug-likeness (QED) is 0.652. The number of aromatic nitrogens is 3. The number of nitrogens with one attached hydrogen (secondary N) is 2. The minimum absolute atomic E-state index is 0.145. The molecule has 0 spiro atoms. The first-order chi connectivity index (χ1) is 15.9. The first-order valence-corrected chi connectivity index (χ1v) is 12.0. The molecule has 4 rings (SSSR count). The molecule has 2 aromatic heterocycles. The van der Waals surface area contributed by atoms with Crippen LogP contribution in [0.15, 0.2) is 18.5 Å². The van der Waals surface area contributed by atoms with E-state index in [1.807, 2.05) is 31.6 Å². The first-order valence-electron chi connectivity index (χ1n) is 11.7. The van der Waals surface area contributed by atoms with Crippen LogP contribution < -0.4 is 10.6 Å². The van der Waals surface area contributed by atoms with Crippen molar-refractivity contribution in [3.8, 4) is 11.1 Å². The number of amides is 3. The molecule has 2 N–H and O–H groups in total. The van der Waals surface area contributed by atoms with E-state index < -0.39 is 5.60 Å². The largest absolute Gasteiger partial charge is 0.444 e. The zero-order valence-corrected chi connectivity index (χ0v) is 21.2. The summed E-state index contributed by atoms with van der Waals surface area (Å²) >= 11 is 6.47. The lowest BCUT2D eigenvalue weighted by Crippen LogP contribution is -2.51. The fraction of sp³-hybridized carbons (Fsp3) is 0.583. The zero-order chi connectivity index (χ0) is 24.7. The van der Waals surface area contributed by atoms with Gasteiger partial charge in [0.2, 0.25) is 0 Å². The summed E-state index contributed by atoms with van der Waals surface area (Å²) in [6, 6.07) is 1.23. The molecule has 1 saturated heterocycles. The van der Waals surface area contributed by atoms with Crippen molar-refractivity contribution in [3.63, 3.8) is 0 Å². The Morgan fingerprint density at radius 1 is 1.24 bits per heavy atom. The molecule has 1 atom stereocenters. The Kier molecular flexibility index (Phi) is 6.50. The van der Waals surface area contributed by atoms with E-state index in [9.17, 15) is 9.59 Å². The number of hydrogen-bond acceptors (Lipinski definition) is 5. The van der Waals surface area contributed by atoms with Crippen LogP contribution in [0.4, 0.5) is 15.4 Å². The van der Waals surface area contributed by atoms with E-state index in [2.05, 4.69) is 34.6 Å². The molecule has 3 amide bonds. The van der Waals surface area contributed by atoms with E-state index in [1.54, 1.807) is 17.2 Å². The van der Waals surface area contributed by atoms with Gasteiger partial charge >= 0.3 is 12.1 Å². The van der Waals surface area contributed by atoms with Crippen molar-refractivity contribution < 1.29 is 14.3 Å². The third kappa shape index (κ3) is 5.63. The lowest BCUT2D eigenvalue weighted by atomic mass is 9.89. The van der Waals surface area contributed by atoms with Crippen molar-refractivity contribution in [1.29, 1.82) is 0 Å². The number of nitrogens with zero attached hydrogens (tertiary/aromatic N) is 4. The smallest absolute Gasteiger partial charge is 0.410 e. The number of ether oxygens (including phenoxy) is 1. The van der Waals surface area contributed by atoms with E-state index in [0.717, 1.165) is 42.6 Å². The van der Waals surface area contributed by atoms with Crippen LogP contribution in [0.2, 0.25) is 5.02 Å². The molecule has 4 heterocycles. The second kappa shape index (κ2) is 9.09. The van der Waals surface area contributed by atoms with Crippen LogP contribution in [-0.2, 0) is 17.7 Å². The molecule has 1 unspecified atom stereocenters. The van der Waals surface area contributed by atoms with Gasteiger partial charge in [0.15, 0.2) is 0 Å². The van der Waals surface area contributed by atoms with Gasteiger partial charge in [-0.3, -0.25) is 10.00 Å². The highest BCUT2D eigenvalue weighted by atomic mass is 35.5. The molecule has 10 heteroatoms. The highest BCUT2D eigenvalue weighted by Crippen LogP contribution is 2.39. The number of carbonyl (C=O) groups excluding carboxylic acids is 2. The summed E-state index contributed by atoms with van der Waals surface area (Å²) in [6.07, 6.45) is 5.48. The molecule has 0 radical (unpaired) electrons. The number of anilines is 1. The highest BCUT2D eigenvalue weighted by Gasteiger charge is 2.32. The summed E-state index contributed by atoms with van der Waals surface area (Å²) in [5, 5.41) is 10.8. The van der Waals surface area contributed by atoms with Crippen LogP contribution in [0.3, 0.4) is 0 Å². The van der Waals surface area contributed by atoms with Gasteiger partial charge in [-0.25, -0.2) is 14.6 Å².